The van der Waals surface area contributed by atoms with Gasteiger partial charge in [0.25, 0.3) is 0 Å². The Balaban J connectivity index is 0.00000121. The quantitative estimate of drug-likeness (QED) is 0.874. The van der Waals surface area contributed by atoms with Crippen LogP contribution in [-0.4, -0.2) is 22.2 Å². The summed E-state index contributed by atoms with van der Waals surface area (Å²) >= 11 is 0. The molecule has 0 aliphatic heterocycles. The first-order chi connectivity index (χ1) is 9.56. The highest BCUT2D eigenvalue weighted by molar-refractivity contribution is 5.91. The first-order valence-electron chi connectivity index (χ1n) is 6.29. The highest BCUT2D eigenvalue weighted by atomic mass is 35.5. The van der Waals surface area contributed by atoms with Crippen molar-refractivity contribution >= 4 is 36.8 Å². The molecule has 0 saturated heterocycles. The molecule has 0 aromatic heterocycles. The van der Waals surface area contributed by atoms with Gasteiger partial charge in [0.05, 0.1) is 11.1 Å². The lowest BCUT2D eigenvalue weighted by molar-refractivity contribution is 0.0686. The number of hydrogen-bond donors (Lipinski definition) is 2. The van der Waals surface area contributed by atoms with E-state index in [0.29, 0.717) is 0 Å². The summed E-state index contributed by atoms with van der Waals surface area (Å²) in [6.07, 6.45) is 1.46. The van der Waals surface area contributed by atoms with Crippen LogP contribution in [0.4, 0.5) is 0 Å². The summed E-state index contributed by atoms with van der Waals surface area (Å²) in [5, 5.41) is 18.0. The molecular weight excluding hydrogens is 327 g/mol. The summed E-state index contributed by atoms with van der Waals surface area (Å²) in [6.45, 7) is 0. The fourth-order valence-electron chi connectivity index (χ4n) is 2.66. The predicted molar refractivity (Wildman–Crippen MR) is 87.7 cm³/mol. The number of fused-ring (bicyclic) bond motifs is 3. The number of aryl methyl sites for hydroxylation is 2. The smallest absolute Gasteiger partial charge is 0.335 e. The molecule has 0 atom stereocenters. The molecule has 116 valence electrons. The Morgan fingerprint density at radius 2 is 1.09 bits per heavy atom. The van der Waals surface area contributed by atoms with Crippen LogP contribution in [0.5, 0.6) is 0 Å². The maximum absolute atomic E-state index is 11.0. The lowest BCUT2D eigenvalue weighted by Crippen LogP contribution is -2.08. The predicted octanol–water partition coefficient (Wildman–Crippen LogP) is 3.69. The van der Waals surface area contributed by atoms with E-state index in [4.69, 9.17) is 10.2 Å². The van der Waals surface area contributed by atoms with Gasteiger partial charge >= 0.3 is 11.9 Å². The fourth-order valence-corrected chi connectivity index (χ4v) is 2.66. The molecular formula is C16H14Cl2O4. The summed E-state index contributed by atoms with van der Waals surface area (Å²) in [5.74, 6) is -1.86. The van der Waals surface area contributed by atoms with Crippen LogP contribution >= 0.6 is 24.8 Å². The molecule has 1 aliphatic carbocycles. The highest BCUT2D eigenvalue weighted by Gasteiger charge is 2.18. The van der Waals surface area contributed by atoms with Crippen LogP contribution in [0.15, 0.2) is 36.4 Å². The molecule has 2 N–H and O–H groups in total. The number of carboxylic acid groups (broad SMARTS) is 2. The van der Waals surface area contributed by atoms with E-state index in [2.05, 4.69) is 0 Å². The monoisotopic (exact) mass is 340 g/mol. The van der Waals surface area contributed by atoms with Crippen LogP contribution < -0.4 is 0 Å². The maximum Gasteiger partial charge on any atom is 0.335 e. The zero-order valence-electron chi connectivity index (χ0n) is 11.4. The molecule has 0 amide bonds. The lowest BCUT2D eigenvalue weighted by Gasteiger charge is -2.20. The molecule has 0 fully saturated rings. The van der Waals surface area contributed by atoms with Gasteiger partial charge in [0.15, 0.2) is 0 Å². The zero-order valence-corrected chi connectivity index (χ0v) is 13.0. The molecule has 2 aromatic carbocycles. The Hall–Kier alpha value is -2.04. The van der Waals surface area contributed by atoms with Crippen molar-refractivity contribution < 1.29 is 19.8 Å². The summed E-state index contributed by atoms with van der Waals surface area (Å²) in [5.41, 5.74) is 4.56. The van der Waals surface area contributed by atoms with E-state index in [1.54, 1.807) is 36.4 Å². The zero-order chi connectivity index (χ0) is 14.3. The van der Waals surface area contributed by atoms with E-state index in [-0.39, 0.29) is 35.9 Å². The van der Waals surface area contributed by atoms with Crippen LogP contribution in [0, 0.1) is 0 Å². The number of carboxylic acids is 2. The van der Waals surface area contributed by atoms with Crippen LogP contribution in [0.25, 0.3) is 11.1 Å². The number of carbonyl (C=O) groups is 2. The van der Waals surface area contributed by atoms with Gasteiger partial charge in [-0.15, -0.1) is 24.8 Å². The molecule has 0 heterocycles. The molecule has 0 bridgehead atoms. The summed E-state index contributed by atoms with van der Waals surface area (Å²) in [6, 6.07) is 10.2. The van der Waals surface area contributed by atoms with Gasteiger partial charge in [-0.25, -0.2) is 9.59 Å². The second kappa shape index (κ2) is 6.81. The summed E-state index contributed by atoms with van der Waals surface area (Å²) in [4.78, 5) is 22.0. The first kappa shape index (κ1) is 18.0. The van der Waals surface area contributed by atoms with E-state index in [0.717, 1.165) is 35.1 Å². The number of rotatable bonds is 2. The van der Waals surface area contributed by atoms with Crippen molar-refractivity contribution in [1.82, 2.24) is 0 Å². The molecule has 0 spiro atoms. The number of halogens is 2. The third-order valence-electron chi connectivity index (χ3n) is 3.66. The SMILES string of the molecule is Cl.Cl.O=C(O)c1ccc2c(c1)CCc1cc(C(=O)O)ccc1-2. The van der Waals surface area contributed by atoms with Crippen LogP contribution in [0.3, 0.4) is 0 Å². The van der Waals surface area contributed by atoms with Crippen molar-refractivity contribution in [3.63, 3.8) is 0 Å². The first-order valence-corrected chi connectivity index (χ1v) is 6.29. The van der Waals surface area contributed by atoms with Gasteiger partial charge in [-0.3, -0.25) is 0 Å². The molecule has 22 heavy (non-hydrogen) atoms. The molecule has 0 radical (unpaired) electrons. The van der Waals surface area contributed by atoms with Crippen LogP contribution in [-0.2, 0) is 12.8 Å². The van der Waals surface area contributed by atoms with Gasteiger partial charge in [0, 0.05) is 0 Å². The third-order valence-corrected chi connectivity index (χ3v) is 3.66. The highest BCUT2D eigenvalue weighted by Crippen LogP contribution is 2.34. The Labute approximate surface area is 139 Å². The average molecular weight is 341 g/mol. The van der Waals surface area contributed by atoms with E-state index in [9.17, 15) is 9.59 Å². The van der Waals surface area contributed by atoms with E-state index < -0.39 is 11.9 Å². The van der Waals surface area contributed by atoms with Gasteiger partial charge in [0.2, 0.25) is 0 Å². The van der Waals surface area contributed by atoms with Crippen molar-refractivity contribution in [3.05, 3.63) is 58.7 Å². The van der Waals surface area contributed by atoms with Crippen molar-refractivity contribution in [2.75, 3.05) is 0 Å². The van der Waals surface area contributed by atoms with Gasteiger partial charge in [0.1, 0.15) is 0 Å². The molecule has 0 unspecified atom stereocenters. The molecule has 0 saturated carbocycles. The van der Waals surface area contributed by atoms with Crippen molar-refractivity contribution in [2.45, 2.75) is 12.8 Å². The van der Waals surface area contributed by atoms with Crippen LogP contribution in [0.2, 0.25) is 0 Å². The fraction of sp³-hybridized carbons (Fsp3) is 0.125. The van der Waals surface area contributed by atoms with E-state index in [1.807, 2.05) is 0 Å². The largest absolute Gasteiger partial charge is 0.478 e. The molecule has 1 aliphatic rings. The minimum absolute atomic E-state index is 0. The van der Waals surface area contributed by atoms with Gasteiger partial charge in [-0.05, 0) is 59.4 Å². The average Bonchev–Trinajstić information content (AvgIpc) is 2.45. The Morgan fingerprint density at radius 3 is 1.41 bits per heavy atom. The Kier molecular flexibility index (Phi) is 5.58. The Bertz CT molecular complexity index is 677. The second-order valence-electron chi connectivity index (χ2n) is 4.85. The van der Waals surface area contributed by atoms with E-state index in [1.165, 1.54) is 0 Å². The van der Waals surface area contributed by atoms with Crippen LogP contribution in [0.1, 0.15) is 31.8 Å². The van der Waals surface area contributed by atoms with E-state index >= 15 is 0 Å². The topological polar surface area (TPSA) is 74.6 Å². The summed E-state index contributed by atoms with van der Waals surface area (Å²) < 4.78 is 0. The van der Waals surface area contributed by atoms with Gasteiger partial charge < -0.3 is 10.2 Å². The van der Waals surface area contributed by atoms with Crippen molar-refractivity contribution in [3.8, 4) is 11.1 Å². The van der Waals surface area contributed by atoms with Crippen molar-refractivity contribution in [1.29, 1.82) is 0 Å². The normalized spacial score (nSPS) is 11.3. The van der Waals surface area contributed by atoms with Gasteiger partial charge in [-0.1, -0.05) is 12.1 Å². The minimum Gasteiger partial charge on any atom is -0.478 e. The molecule has 3 rings (SSSR count). The summed E-state index contributed by atoms with van der Waals surface area (Å²) in [7, 11) is 0. The number of benzene rings is 2. The van der Waals surface area contributed by atoms with Gasteiger partial charge in [-0.2, -0.15) is 0 Å². The molecule has 6 heteroatoms. The Morgan fingerprint density at radius 1 is 0.727 bits per heavy atom. The second-order valence-corrected chi connectivity index (χ2v) is 4.85. The standard InChI is InChI=1S/C16H12O4.2ClH/c17-15(18)11-3-5-13-9(7-11)1-2-10-8-12(16(19)20)4-6-14(10)13;;/h3-8H,1-2H2,(H,17,18)(H,19,20);2*1H. The molecule has 4 nitrogen and oxygen atoms in total. The lowest BCUT2D eigenvalue weighted by atomic mass is 9.84. The third kappa shape index (κ3) is 3.08. The minimum atomic E-state index is -0.931. The number of hydrogen-bond acceptors (Lipinski definition) is 2. The van der Waals surface area contributed by atoms with Crippen molar-refractivity contribution in [2.24, 2.45) is 0 Å². The maximum atomic E-state index is 11.0. The number of aromatic carboxylic acids is 2. The molecule has 2 aromatic rings.